The Hall–Kier alpha value is -1.10. The second-order valence-electron chi connectivity index (χ2n) is 6.29. The lowest BCUT2D eigenvalue weighted by molar-refractivity contribution is -0.138. The van der Waals surface area contributed by atoms with Gasteiger partial charge in [-0.1, -0.05) is 27.2 Å². The van der Waals surface area contributed by atoms with Gasteiger partial charge in [0, 0.05) is 32.1 Å². The first kappa shape index (κ1) is 17.0. The van der Waals surface area contributed by atoms with E-state index in [1.54, 1.807) is 6.92 Å². The molecule has 0 radical (unpaired) electrons. The first-order chi connectivity index (χ1) is 9.29. The molecule has 5 heteroatoms. The van der Waals surface area contributed by atoms with Crippen molar-refractivity contribution in [2.24, 2.45) is 11.7 Å². The number of rotatable bonds is 4. The van der Waals surface area contributed by atoms with Crippen molar-refractivity contribution < 1.29 is 9.59 Å². The van der Waals surface area contributed by atoms with Crippen molar-refractivity contribution in [3.63, 3.8) is 0 Å². The maximum absolute atomic E-state index is 12.5. The lowest BCUT2D eigenvalue weighted by atomic mass is 9.95. The van der Waals surface area contributed by atoms with Gasteiger partial charge in [-0.3, -0.25) is 9.59 Å². The quantitative estimate of drug-likeness (QED) is 0.843. The summed E-state index contributed by atoms with van der Waals surface area (Å²) in [5.74, 6) is 0.193. The van der Waals surface area contributed by atoms with Gasteiger partial charge in [-0.15, -0.1) is 0 Å². The van der Waals surface area contributed by atoms with Crippen LogP contribution in [0.25, 0.3) is 0 Å². The Morgan fingerprint density at radius 3 is 2.25 bits per heavy atom. The van der Waals surface area contributed by atoms with E-state index in [9.17, 15) is 9.59 Å². The minimum absolute atomic E-state index is 0.0112. The summed E-state index contributed by atoms with van der Waals surface area (Å²) in [5.41, 5.74) is 5.34. The molecule has 0 aromatic rings. The summed E-state index contributed by atoms with van der Waals surface area (Å²) in [5, 5.41) is 0. The molecule has 0 spiro atoms. The van der Waals surface area contributed by atoms with E-state index in [1.165, 1.54) is 0 Å². The predicted molar refractivity (Wildman–Crippen MR) is 80.1 cm³/mol. The molecule has 1 aliphatic heterocycles. The molecule has 2 N–H and O–H groups in total. The van der Waals surface area contributed by atoms with Gasteiger partial charge in [0.1, 0.15) is 0 Å². The van der Waals surface area contributed by atoms with E-state index < -0.39 is 5.54 Å². The van der Waals surface area contributed by atoms with Gasteiger partial charge in [-0.05, 0) is 19.8 Å². The van der Waals surface area contributed by atoms with Gasteiger partial charge in [0.05, 0.1) is 5.54 Å². The zero-order valence-electron chi connectivity index (χ0n) is 13.3. The molecule has 0 aromatic carbocycles. The molecule has 0 aromatic heterocycles. The number of hydrogen-bond donors (Lipinski definition) is 1. The van der Waals surface area contributed by atoms with E-state index in [0.29, 0.717) is 26.1 Å². The maximum Gasteiger partial charge on any atom is 0.242 e. The normalized spacial score (nSPS) is 19.7. The molecule has 1 aliphatic rings. The molecule has 2 amide bonds. The van der Waals surface area contributed by atoms with Crippen LogP contribution in [0.2, 0.25) is 0 Å². The van der Waals surface area contributed by atoms with Crippen molar-refractivity contribution in [3.8, 4) is 0 Å². The number of carbonyl (C=O) groups excluding carboxylic acids is 2. The summed E-state index contributed by atoms with van der Waals surface area (Å²) in [6.45, 7) is 10.3. The molecule has 20 heavy (non-hydrogen) atoms. The minimum atomic E-state index is -0.786. The van der Waals surface area contributed by atoms with Crippen molar-refractivity contribution in [3.05, 3.63) is 0 Å². The molecule has 116 valence electrons. The number of nitrogens with zero attached hydrogens (tertiary/aromatic N) is 2. The molecule has 1 rings (SSSR count). The SMILES string of the molecule is CCCC(C)(N)C(=O)N1CCCN(C(=O)C(C)C)CC1. The molecular weight excluding hydrogens is 254 g/mol. The van der Waals surface area contributed by atoms with Crippen molar-refractivity contribution in [1.29, 1.82) is 0 Å². The maximum atomic E-state index is 12.5. The Morgan fingerprint density at radius 2 is 1.70 bits per heavy atom. The van der Waals surface area contributed by atoms with Gasteiger partial charge < -0.3 is 15.5 Å². The number of hydrogen-bond acceptors (Lipinski definition) is 3. The van der Waals surface area contributed by atoms with Gasteiger partial charge >= 0.3 is 0 Å². The van der Waals surface area contributed by atoms with Crippen LogP contribution in [0.3, 0.4) is 0 Å². The van der Waals surface area contributed by atoms with E-state index in [-0.39, 0.29) is 17.7 Å². The highest BCUT2D eigenvalue weighted by molar-refractivity contribution is 5.86. The van der Waals surface area contributed by atoms with E-state index in [1.807, 2.05) is 30.6 Å². The van der Waals surface area contributed by atoms with E-state index in [2.05, 4.69) is 0 Å². The van der Waals surface area contributed by atoms with Crippen molar-refractivity contribution in [2.75, 3.05) is 26.2 Å². The first-order valence-electron chi connectivity index (χ1n) is 7.66. The zero-order valence-corrected chi connectivity index (χ0v) is 13.3. The molecule has 1 fully saturated rings. The molecule has 0 aliphatic carbocycles. The molecule has 1 heterocycles. The van der Waals surface area contributed by atoms with Crippen LogP contribution in [0.1, 0.15) is 47.0 Å². The zero-order chi connectivity index (χ0) is 15.3. The summed E-state index contributed by atoms with van der Waals surface area (Å²) in [4.78, 5) is 28.2. The Balaban J connectivity index is 2.64. The van der Waals surface area contributed by atoms with Gasteiger partial charge in [0.2, 0.25) is 11.8 Å². The third-order valence-corrected chi connectivity index (χ3v) is 3.85. The Kier molecular flexibility index (Phi) is 5.99. The average Bonchev–Trinajstić information content (AvgIpc) is 2.62. The number of nitrogens with two attached hydrogens (primary N) is 1. The lowest BCUT2D eigenvalue weighted by Crippen LogP contribution is -2.54. The molecule has 1 unspecified atom stereocenters. The fraction of sp³-hybridized carbons (Fsp3) is 0.867. The van der Waals surface area contributed by atoms with Gasteiger partial charge in [-0.2, -0.15) is 0 Å². The lowest BCUT2D eigenvalue weighted by Gasteiger charge is -2.31. The predicted octanol–water partition coefficient (Wildman–Crippen LogP) is 1.22. The van der Waals surface area contributed by atoms with Crippen LogP contribution < -0.4 is 5.73 Å². The standard InChI is InChI=1S/C15H29N3O2/c1-5-7-15(4,16)14(20)18-9-6-8-17(10-11-18)13(19)12(2)3/h12H,5-11,16H2,1-4H3. The average molecular weight is 283 g/mol. The molecule has 0 bridgehead atoms. The van der Waals surface area contributed by atoms with Gasteiger partial charge in [0.25, 0.3) is 0 Å². The van der Waals surface area contributed by atoms with Crippen LogP contribution in [0.15, 0.2) is 0 Å². The highest BCUT2D eigenvalue weighted by Crippen LogP contribution is 2.15. The highest BCUT2D eigenvalue weighted by Gasteiger charge is 2.33. The molecule has 1 saturated heterocycles. The van der Waals surface area contributed by atoms with Gasteiger partial charge in [0.15, 0.2) is 0 Å². The molecular formula is C15H29N3O2. The molecule has 5 nitrogen and oxygen atoms in total. The Morgan fingerprint density at radius 1 is 1.15 bits per heavy atom. The molecule has 1 atom stereocenters. The number of carbonyl (C=O) groups is 2. The fourth-order valence-corrected chi connectivity index (χ4v) is 2.69. The van der Waals surface area contributed by atoms with Crippen LogP contribution in [-0.4, -0.2) is 53.3 Å². The Labute approximate surface area is 122 Å². The minimum Gasteiger partial charge on any atom is -0.341 e. The van der Waals surface area contributed by atoms with Crippen molar-refractivity contribution in [2.45, 2.75) is 52.5 Å². The third kappa shape index (κ3) is 4.20. The number of amides is 2. The van der Waals surface area contributed by atoms with Crippen LogP contribution in [0.4, 0.5) is 0 Å². The fourth-order valence-electron chi connectivity index (χ4n) is 2.69. The summed E-state index contributed by atoms with van der Waals surface area (Å²) < 4.78 is 0. The van der Waals surface area contributed by atoms with Crippen LogP contribution in [-0.2, 0) is 9.59 Å². The monoisotopic (exact) mass is 283 g/mol. The summed E-state index contributed by atoms with van der Waals surface area (Å²) >= 11 is 0. The summed E-state index contributed by atoms with van der Waals surface area (Å²) in [6, 6.07) is 0. The Bertz CT molecular complexity index is 353. The smallest absolute Gasteiger partial charge is 0.242 e. The second-order valence-corrected chi connectivity index (χ2v) is 6.29. The second kappa shape index (κ2) is 7.07. The van der Waals surface area contributed by atoms with E-state index in [0.717, 1.165) is 19.4 Å². The summed E-state index contributed by atoms with van der Waals surface area (Å²) in [7, 11) is 0. The van der Waals surface area contributed by atoms with Crippen LogP contribution in [0.5, 0.6) is 0 Å². The largest absolute Gasteiger partial charge is 0.341 e. The van der Waals surface area contributed by atoms with Crippen molar-refractivity contribution >= 4 is 11.8 Å². The van der Waals surface area contributed by atoms with E-state index in [4.69, 9.17) is 5.73 Å². The van der Waals surface area contributed by atoms with E-state index >= 15 is 0 Å². The topological polar surface area (TPSA) is 66.6 Å². The molecule has 0 saturated carbocycles. The highest BCUT2D eigenvalue weighted by atomic mass is 16.2. The van der Waals surface area contributed by atoms with Crippen molar-refractivity contribution in [1.82, 2.24) is 9.80 Å². The van der Waals surface area contributed by atoms with Crippen LogP contribution >= 0.6 is 0 Å². The van der Waals surface area contributed by atoms with Crippen LogP contribution in [0, 0.1) is 5.92 Å². The third-order valence-electron chi connectivity index (χ3n) is 3.85. The summed E-state index contributed by atoms with van der Waals surface area (Å²) in [6.07, 6.45) is 2.41. The first-order valence-corrected chi connectivity index (χ1v) is 7.66. The van der Waals surface area contributed by atoms with Gasteiger partial charge in [-0.25, -0.2) is 0 Å².